The first-order valence-corrected chi connectivity index (χ1v) is 5.24. The van der Waals surface area contributed by atoms with Gasteiger partial charge in [0.15, 0.2) is 0 Å². The van der Waals surface area contributed by atoms with Crippen molar-refractivity contribution in [2.75, 3.05) is 13.1 Å². The normalized spacial score (nSPS) is 27.9. The van der Waals surface area contributed by atoms with Crippen LogP contribution in [0.1, 0.15) is 20.3 Å². The summed E-state index contributed by atoms with van der Waals surface area (Å²) in [6.45, 7) is 5.33. The molecule has 4 N–H and O–H groups in total. The molecule has 0 spiro atoms. The van der Waals surface area contributed by atoms with Crippen molar-refractivity contribution < 1.29 is 9.59 Å². The van der Waals surface area contributed by atoms with Crippen LogP contribution in [0.15, 0.2) is 0 Å². The minimum atomic E-state index is -0.341. The smallest absolute Gasteiger partial charge is 0.221 e. The number of hydrogen-bond donors (Lipinski definition) is 2. The van der Waals surface area contributed by atoms with Gasteiger partial charge in [0.05, 0.1) is 11.8 Å². The zero-order valence-corrected chi connectivity index (χ0v) is 9.27. The number of amides is 2. The van der Waals surface area contributed by atoms with E-state index in [2.05, 4.69) is 4.90 Å². The van der Waals surface area contributed by atoms with Crippen molar-refractivity contribution in [3.63, 3.8) is 0 Å². The van der Waals surface area contributed by atoms with E-state index < -0.39 is 0 Å². The zero-order chi connectivity index (χ0) is 11.6. The van der Waals surface area contributed by atoms with Crippen LogP contribution in [0.4, 0.5) is 0 Å². The second-order valence-electron chi connectivity index (χ2n) is 4.48. The second kappa shape index (κ2) is 4.61. The lowest BCUT2D eigenvalue weighted by Crippen LogP contribution is -2.50. The summed E-state index contributed by atoms with van der Waals surface area (Å²) in [6, 6.07) is 0.300. The van der Waals surface area contributed by atoms with E-state index in [1.165, 1.54) is 0 Å². The van der Waals surface area contributed by atoms with Crippen molar-refractivity contribution in [2.45, 2.75) is 26.3 Å². The van der Waals surface area contributed by atoms with Gasteiger partial charge in [-0.2, -0.15) is 0 Å². The predicted molar refractivity (Wildman–Crippen MR) is 56.7 cm³/mol. The van der Waals surface area contributed by atoms with Crippen molar-refractivity contribution in [2.24, 2.45) is 23.3 Å². The van der Waals surface area contributed by atoms with Crippen molar-refractivity contribution in [3.8, 4) is 0 Å². The van der Waals surface area contributed by atoms with Crippen molar-refractivity contribution >= 4 is 11.8 Å². The Morgan fingerprint density at radius 3 is 1.80 bits per heavy atom. The fourth-order valence-corrected chi connectivity index (χ4v) is 1.97. The van der Waals surface area contributed by atoms with Gasteiger partial charge in [0.2, 0.25) is 11.8 Å². The summed E-state index contributed by atoms with van der Waals surface area (Å²) in [7, 11) is 0. The second-order valence-corrected chi connectivity index (χ2v) is 4.48. The van der Waals surface area contributed by atoms with Gasteiger partial charge in [-0.05, 0) is 20.3 Å². The van der Waals surface area contributed by atoms with Gasteiger partial charge in [-0.3, -0.25) is 14.5 Å². The monoisotopic (exact) mass is 213 g/mol. The molecule has 0 aromatic rings. The van der Waals surface area contributed by atoms with Gasteiger partial charge < -0.3 is 11.5 Å². The summed E-state index contributed by atoms with van der Waals surface area (Å²) in [6.07, 6.45) is 0.494. The first-order chi connectivity index (χ1) is 6.91. The maximum atomic E-state index is 11.1. The van der Waals surface area contributed by atoms with Crippen LogP contribution < -0.4 is 11.5 Å². The third-order valence-electron chi connectivity index (χ3n) is 3.01. The van der Waals surface area contributed by atoms with Crippen LogP contribution in [0.5, 0.6) is 0 Å². The average Bonchev–Trinajstić information content (AvgIpc) is 2.16. The van der Waals surface area contributed by atoms with Gasteiger partial charge in [-0.15, -0.1) is 0 Å². The fourth-order valence-electron chi connectivity index (χ4n) is 1.97. The Bertz CT molecular complexity index is 243. The van der Waals surface area contributed by atoms with E-state index in [0.29, 0.717) is 25.6 Å². The van der Waals surface area contributed by atoms with Gasteiger partial charge in [-0.25, -0.2) is 0 Å². The van der Waals surface area contributed by atoms with Crippen molar-refractivity contribution in [1.82, 2.24) is 4.90 Å². The highest BCUT2D eigenvalue weighted by molar-refractivity contribution is 5.80. The number of rotatable bonds is 3. The number of likely N-dealkylation sites (tertiary alicyclic amines) is 1. The highest BCUT2D eigenvalue weighted by Gasteiger charge is 2.33. The average molecular weight is 213 g/mol. The molecule has 15 heavy (non-hydrogen) atoms. The SMILES string of the molecule is CC(C)N1C[C@H](C(N)=O)C[C@H](C(N)=O)C1. The molecular weight excluding hydrogens is 194 g/mol. The molecule has 1 rings (SSSR count). The maximum absolute atomic E-state index is 11.1. The Hall–Kier alpha value is -1.10. The highest BCUT2D eigenvalue weighted by atomic mass is 16.1. The molecule has 0 aromatic heterocycles. The van der Waals surface area contributed by atoms with E-state index in [9.17, 15) is 9.59 Å². The molecule has 1 aliphatic rings. The number of primary amides is 2. The molecule has 1 aliphatic heterocycles. The number of nitrogens with zero attached hydrogens (tertiary/aromatic N) is 1. The van der Waals surface area contributed by atoms with Crippen LogP contribution in [0.2, 0.25) is 0 Å². The summed E-state index contributed by atoms with van der Waals surface area (Å²) in [4.78, 5) is 24.3. The van der Waals surface area contributed by atoms with Gasteiger partial charge in [0, 0.05) is 19.1 Å². The van der Waals surface area contributed by atoms with E-state index >= 15 is 0 Å². The van der Waals surface area contributed by atoms with Crippen LogP contribution in [0.3, 0.4) is 0 Å². The Morgan fingerprint density at radius 1 is 1.13 bits per heavy atom. The molecule has 5 heteroatoms. The Kier molecular flexibility index (Phi) is 3.68. The summed E-state index contributed by atoms with van der Waals surface area (Å²) in [5, 5.41) is 0. The molecular formula is C10H19N3O2. The number of carbonyl (C=O) groups is 2. The molecule has 86 valence electrons. The van der Waals surface area contributed by atoms with E-state index in [1.807, 2.05) is 13.8 Å². The molecule has 0 radical (unpaired) electrons. The molecule has 0 aromatic carbocycles. The van der Waals surface area contributed by atoms with Crippen molar-refractivity contribution in [1.29, 1.82) is 0 Å². The Balaban J connectivity index is 2.72. The van der Waals surface area contributed by atoms with E-state index in [-0.39, 0.29) is 23.7 Å². The first-order valence-electron chi connectivity index (χ1n) is 5.24. The van der Waals surface area contributed by atoms with Crippen LogP contribution in [-0.2, 0) is 9.59 Å². The largest absolute Gasteiger partial charge is 0.369 e. The van der Waals surface area contributed by atoms with Crippen LogP contribution in [0.25, 0.3) is 0 Å². The van der Waals surface area contributed by atoms with E-state index in [4.69, 9.17) is 11.5 Å². The molecule has 1 saturated heterocycles. The summed E-state index contributed by atoms with van der Waals surface area (Å²) in [5.41, 5.74) is 10.5. The Morgan fingerprint density at radius 2 is 1.53 bits per heavy atom. The first kappa shape index (κ1) is 12.0. The fraction of sp³-hybridized carbons (Fsp3) is 0.800. The third kappa shape index (κ3) is 2.92. The van der Waals surface area contributed by atoms with Crippen LogP contribution in [-0.4, -0.2) is 35.8 Å². The van der Waals surface area contributed by atoms with Gasteiger partial charge >= 0.3 is 0 Å². The summed E-state index contributed by atoms with van der Waals surface area (Å²) >= 11 is 0. The van der Waals surface area contributed by atoms with Crippen LogP contribution >= 0.6 is 0 Å². The molecule has 2 atom stereocenters. The summed E-state index contributed by atoms with van der Waals surface area (Å²) < 4.78 is 0. The lowest BCUT2D eigenvalue weighted by Gasteiger charge is -2.37. The number of nitrogens with two attached hydrogens (primary N) is 2. The zero-order valence-electron chi connectivity index (χ0n) is 9.27. The topological polar surface area (TPSA) is 89.4 Å². The number of hydrogen-bond acceptors (Lipinski definition) is 3. The minimum absolute atomic E-state index is 0.251. The maximum Gasteiger partial charge on any atom is 0.221 e. The van der Waals surface area contributed by atoms with Gasteiger partial charge in [-0.1, -0.05) is 0 Å². The number of piperidine rings is 1. The number of carbonyl (C=O) groups excluding carboxylic acids is 2. The quantitative estimate of drug-likeness (QED) is 0.650. The third-order valence-corrected chi connectivity index (χ3v) is 3.01. The lowest BCUT2D eigenvalue weighted by molar-refractivity contribution is -0.129. The molecule has 5 nitrogen and oxygen atoms in total. The van der Waals surface area contributed by atoms with E-state index in [0.717, 1.165) is 0 Å². The molecule has 0 saturated carbocycles. The molecule has 1 heterocycles. The predicted octanol–water partition coefficient (Wildman–Crippen LogP) is -0.696. The van der Waals surface area contributed by atoms with Crippen molar-refractivity contribution in [3.05, 3.63) is 0 Å². The lowest BCUT2D eigenvalue weighted by atomic mass is 9.87. The molecule has 0 aliphatic carbocycles. The highest BCUT2D eigenvalue weighted by Crippen LogP contribution is 2.23. The van der Waals surface area contributed by atoms with E-state index in [1.54, 1.807) is 0 Å². The van der Waals surface area contributed by atoms with Gasteiger partial charge in [0.25, 0.3) is 0 Å². The Labute approximate surface area is 89.8 Å². The molecule has 0 unspecified atom stereocenters. The molecule has 2 amide bonds. The molecule has 1 fully saturated rings. The molecule has 0 bridgehead atoms. The standard InChI is InChI=1S/C10H19N3O2/c1-6(2)13-4-7(9(11)14)3-8(5-13)10(12)15/h6-8H,3-5H2,1-2H3,(H2,11,14)(H2,12,15)/t7-,8+. The van der Waals surface area contributed by atoms with Gasteiger partial charge in [0.1, 0.15) is 0 Å². The minimum Gasteiger partial charge on any atom is -0.369 e. The summed E-state index contributed by atoms with van der Waals surface area (Å²) in [5.74, 6) is -1.18. The van der Waals surface area contributed by atoms with Crippen LogP contribution in [0, 0.1) is 11.8 Å².